The number of piperidine rings is 1. The number of rotatable bonds is 7. The van der Waals surface area contributed by atoms with Gasteiger partial charge in [0.05, 0.1) is 12.8 Å². The minimum Gasteiger partial charge on any atom is -0.325 e. The van der Waals surface area contributed by atoms with Gasteiger partial charge in [-0.3, -0.25) is 9.69 Å². The smallest absolute Gasteiger partial charge is 0.238 e. The second kappa shape index (κ2) is 8.78. The number of hydrogen-bond donors (Lipinski definition) is 2. The molecule has 2 N–H and O–H groups in total. The molecule has 1 aromatic rings. The lowest BCUT2D eigenvalue weighted by Crippen LogP contribution is -2.49. The van der Waals surface area contributed by atoms with Crippen molar-refractivity contribution in [2.45, 2.75) is 45.1 Å². The monoisotopic (exact) mass is 367 g/mol. The minimum atomic E-state index is -3.22. The summed E-state index contributed by atoms with van der Waals surface area (Å²) in [4.78, 5) is 14.6. The van der Waals surface area contributed by atoms with Crippen molar-refractivity contribution in [1.29, 1.82) is 0 Å². The number of likely N-dealkylation sites (tertiary alicyclic amines) is 1. The zero-order valence-electron chi connectivity index (χ0n) is 15.3. The fraction of sp³-hybridized carbons (Fsp3) is 0.611. The topological polar surface area (TPSA) is 78.5 Å². The van der Waals surface area contributed by atoms with Crippen LogP contribution in [0.15, 0.2) is 24.3 Å². The van der Waals surface area contributed by atoms with Crippen LogP contribution in [0.1, 0.15) is 44.6 Å². The van der Waals surface area contributed by atoms with Crippen LogP contribution in [0.2, 0.25) is 0 Å². The van der Waals surface area contributed by atoms with E-state index in [9.17, 15) is 13.2 Å². The number of hydrogen-bond acceptors (Lipinski definition) is 4. The summed E-state index contributed by atoms with van der Waals surface area (Å²) in [5.74, 6) is 0.276. The highest BCUT2D eigenvalue weighted by Crippen LogP contribution is 2.24. The number of carbonyl (C=O) groups is 1. The third-order valence-electron chi connectivity index (χ3n) is 4.53. The van der Waals surface area contributed by atoms with Crippen molar-refractivity contribution in [3.8, 4) is 0 Å². The molecular formula is C18H29N3O3S. The zero-order valence-corrected chi connectivity index (χ0v) is 16.1. The van der Waals surface area contributed by atoms with Gasteiger partial charge in [-0.15, -0.1) is 0 Å². The summed E-state index contributed by atoms with van der Waals surface area (Å²) in [6.45, 7) is 5.65. The fourth-order valence-electron chi connectivity index (χ4n) is 3.24. The number of nitrogens with one attached hydrogen (secondary N) is 2. The Bertz CT molecular complexity index is 689. The van der Waals surface area contributed by atoms with E-state index < -0.39 is 10.0 Å². The molecule has 7 heteroatoms. The highest BCUT2D eigenvalue weighted by Gasteiger charge is 2.25. The third kappa shape index (κ3) is 6.41. The molecule has 1 fully saturated rings. The highest BCUT2D eigenvalue weighted by atomic mass is 32.2. The molecule has 1 atom stereocenters. The molecule has 0 aliphatic carbocycles. The molecule has 140 valence electrons. The van der Waals surface area contributed by atoms with Gasteiger partial charge in [-0.1, -0.05) is 38.5 Å². The number of sulfonamides is 1. The second-order valence-electron chi connectivity index (χ2n) is 7.03. The van der Waals surface area contributed by atoms with Gasteiger partial charge in [0.1, 0.15) is 0 Å². The van der Waals surface area contributed by atoms with Gasteiger partial charge in [0.25, 0.3) is 0 Å². The summed E-state index contributed by atoms with van der Waals surface area (Å²) in [5, 5.41) is 3.01. The van der Waals surface area contributed by atoms with E-state index in [0.717, 1.165) is 43.3 Å². The van der Waals surface area contributed by atoms with E-state index in [1.807, 2.05) is 24.3 Å². The predicted octanol–water partition coefficient (Wildman–Crippen LogP) is 2.15. The van der Waals surface area contributed by atoms with Crippen LogP contribution in [0.3, 0.4) is 0 Å². The maximum Gasteiger partial charge on any atom is 0.238 e. The molecule has 1 aliphatic heterocycles. The molecule has 1 heterocycles. The quantitative estimate of drug-likeness (QED) is 0.774. The Morgan fingerprint density at radius 2 is 2.00 bits per heavy atom. The van der Waals surface area contributed by atoms with Crippen LogP contribution in [0.25, 0.3) is 0 Å². The van der Waals surface area contributed by atoms with Crippen LogP contribution in [0.5, 0.6) is 0 Å². The lowest BCUT2D eigenvalue weighted by atomic mass is 10.0. The van der Waals surface area contributed by atoms with Gasteiger partial charge >= 0.3 is 0 Å². The molecule has 1 amide bonds. The van der Waals surface area contributed by atoms with E-state index >= 15 is 0 Å². The first kappa shape index (κ1) is 19.9. The average Bonchev–Trinajstić information content (AvgIpc) is 2.53. The van der Waals surface area contributed by atoms with Crippen LogP contribution in [0.4, 0.5) is 5.69 Å². The van der Waals surface area contributed by atoms with Crippen molar-refractivity contribution in [2.75, 3.05) is 31.2 Å². The zero-order chi connectivity index (χ0) is 18.4. The van der Waals surface area contributed by atoms with Crippen molar-refractivity contribution in [3.05, 3.63) is 29.8 Å². The molecular weight excluding hydrogens is 338 g/mol. The predicted molar refractivity (Wildman–Crippen MR) is 101 cm³/mol. The standard InChI is InChI=1S/C18H29N3O3S/c1-14(2)16-9-4-5-10-17(16)20-18(22)13-21-11-7-6-8-15(21)12-19-25(3,23)24/h4-5,9-10,14-15,19H,6-8,11-13H2,1-3H3,(H,20,22). The molecule has 1 aromatic carbocycles. The maximum absolute atomic E-state index is 12.5. The van der Waals surface area contributed by atoms with Crippen LogP contribution in [-0.2, 0) is 14.8 Å². The van der Waals surface area contributed by atoms with Gasteiger partial charge in [0, 0.05) is 18.3 Å². The van der Waals surface area contributed by atoms with Crippen molar-refractivity contribution in [3.63, 3.8) is 0 Å². The number of nitrogens with zero attached hydrogens (tertiary/aromatic N) is 1. The maximum atomic E-state index is 12.5. The van der Waals surface area contributed by atoms with Gasteiger partial charge in [-0.05, 0) is 36.9 Å². The van der Waals surface area contributed by atoms with Crippen molar-refractivity contribution >= 4 is 21.6 Å². The first-order valence-corrected chi connectivity index (χ1v) is 10.7. The normalized spacial score (nSPS) is 19.1. The van der Waals surface area contributed by atoms with Crippen LogP contribution >= 0.6 is 0 Å². The van der Waals surface area contributed by atoms with E-state index in [0.29, 0.717) is 12.5 Å². The summed E-state index contributed by atoms with van der Waals surface area (Å²) >= 11 is 0. The third-order valence-corrected chi connectivity index (χ3v) is 5.22. The summed E-state index contributed by atoms with van der Waals surface area (Å²) in [5.41, 5.74) is 1.97. The number of amides is 1. The van der Waals surface area contributed by atoms with E-state index in [2.05, 4.69) is 28.8 Å². The van der Waals surface area contributed by atoms with Crippen molar-refractivity contribution in [1.82, 2.24) is 9.62 Å². The Balaban J connectivity index is 1.98. The Hall–Kier alpha value is -1.44. The van der Waals surface area contributed by atoms with E-state index in [-0.39, 0.29) is 18.5 Å². The van der Waals surface area contributed by atoms with E-state index in [1.165, 1.54) is 0 Å². The molecule has 1 saturated heterocycles. The molecule has 6 nitrogen and oxygen atoms in total. The fourth-order valence-corrected chi connectivity index (χ4v) is 3.73. The Kier molecular flexibility index (Phi) is 6.98. The number of benzene rings is 1. The molecule has 1 aliphatic rings. The molecule has 0 bridgehead atoms. The van der Waals surface area contributed by atoms with Gasteiger partial charge in [-0.2, -0.15) is 0 Å². The Labute approximate surface area is 151 Å². The van der Waals surface area contributed by atoms with E-state index in [1.54, 1.807) is 0 Å². The first-order valence-electron chi connectivity index (χ1n) is 8.83. The lowest BCUT2D eigenvalue weighted by Gasteiger charge is -2.35. The van der Waals surface area contributed by atoms with Gasteiger partial charge in [0.15, 0.2) is 0 Å². The lowest BCUT2D eigenvalue weighted by molar-refractivity contribution is -0.118. The average molecular weight is 368 g/mol. The SMILES string of the molecule is CC(C)c1ccccc1NC(=O)CN1CCCCC1CNS(C)(=O)=O. The molecule has 2 rings (SSSR count). The van der Waals surface area contributed by atoms with Crippen LogP contribution in [-0.4, -0.2) is 51.2 Å². The highest BCUT2D eigenvalue weighted by molar-refractivity contribution is 7.88. The van der Waals surface area contributed by atoms with Gasteiger partial charge in [-0.25, -0.2) is 13.1 Å². The molecule has 25 heavy (non-hydrogen) atoms. The second-order valence-corrected chi connectivity index (χ2v) is 8.86. The summed E-state index contributed by atoms with van der Waals surface area (Å²) < 4.78 is 25.2. The molecule has 0 saturated carbocycles. The molecule has 0 radical (unpaired) electrons. The van der Waals surface area contributed by atoms with Crippen LogP contribution < -0.4 is 10.0 Å². The van der Waals surface area contributed by atoms with Crippen molar-refractivity contribution < 1.29 is 13.2 Å². The molecule has 0 aromatic heterocycles. The van der Waals surface area contributed by atoms with Gasteiger partial charge < -0.3 is 5.32 Å². The number of anilines is 1. The number of para-hydroxylation sites is 1. The van der Waals surface area contributed by atoms with E-state index in [4.69, 9.17) is 0 Å². The minimum absolute atomic E-state index is 0.0562. The Morgan fingerprint density at radius 1 is 1.28 bits per heavy atom. The largest absolute Gasteiger partial charge is 0.325 e. The first-order chi connectivity index (χ1) is 11.8. The van der Waals surface area contributed by atoms with Crippen LogP contribution in [0, 0.1) is 0 Å². The number of carbonyl (C=O) groups excluding carboxylic acids is 1. The summed E-state index contributed by atoms with van der Waals surface area (Å²) in [6.07, 6.45) is 4.16. The summed E-state index contributed by atoms with van der Waals surface area (Å²) in [7, 11) is -3.22. The molecule has 1 unspecified atom stereocenters. The van der Waals surface area contributed by atoms with Crippen molar-refractivity contribution in [2.24, 2.45) is 0 Å². The molecule has 0 spiro atoms. The Morgan fingerprint density at radius 3 is 2.68 bits per heavy atom. The van der Waals surface area contributed by atoms with Gasteiger partial charge in [0.2, 0.25) is 15.9 Å². The summed E-state index contributed by atoms with van der Waals surface area (Å²) in [6, 6.07) is 7.91.